The molecule has 0 N–H and O–H groups in total. The second-order valence-electron chi connectivity index (χ2n) is 10.4. The lowest BCUT2D eigenvalue weighted by Gasteiger charge is -2.16. The van der Waals surface area contributed by atoms with E-state index in [-0.39, 0.29) is 0 Å². The standard InChI is InChI=1S/C33H26N4S.C5H8/c1-3-12-21(4-2)31-34-32(22-13-6-5-7-14-22)36-33(35-31)37-26-17-10-8-16-25(26)29-27(37)20-19-24-23-15-9-11-18-28(23)38-30(24)29;1-3-5-4-2/h3-7,9,11-15,18-20H,1-2,8,10,16-17H2;3-5H,1H2,2H3/b21-12+;5-4-. The van der Waals surface area contributed by atoms with Crippen LogP contribution in [-0.2, 0) is 12.8 Å². The van der Waals surface area contributed by atoms with Crippen LogP contribution in [0.4, 0.5) is 0 Å². The number of aryl methyl sites for hydroxylation is 1. The molecule has 0 saturated carbocycles. The van der Waals surface area contributed by atoms with E-state index in [1.807, 2.05) is 66.8 Å². The van der Waals surface area contributed by atoms with Crippen molar-refractivity contribution < 1.29 is 0 Å². The van der Waals surface area contributed by atoms with Crippen molar-refractivity contribution in [3.05, 3.63) is 140 Å². The molecule has 212 valence electrons. The molecule has 0 unspecified atom stereocenters. The molecule has 0 saturated heterocycles. The number of aromatic nitrogens is 4. The maximum absolute atomic E-state index is 5.06. The minimum absolute atomic E-state index is 0.595. The Hall–Kier alpha value is -4.87. The van der Waals surface area contributed by atoms with Crippen LogP contribution in [0.15, 0.2) is 123 Å². The second kappa shape index (κ2) is 12.6. The monoisotopic (exact) mass is 578 g/mol. The van der Waals surface area contributed by atoms with Gasteiger partial charge in [0.1, 0.15) is 0 Å². The molecule has 0 spiro atoms. The van der Waals surface area contributed by atoms with Crippen LogP contribution in [0, 0.1) is 0 Å². The third-order valence-electron chi connectivity index (χ3n) is 7.74. The lowest BCUT2D eigenvalue weighted by molar-refractivity contribution is 0.661. The van der Waals surface area contributed by atoms with Crippen molar-refractivity contribution in [3.8, 4) is 17.3 Å². The summed E-state index contributed by atoms with van der Waals surface area (Å²) in [4.78, 5) is 14.9. The van der Waals surface area contributed by atoms with E-state index in [9.17, 15) is 0 Å². The Kier molecular flexibility index (Phi) is 8.25. The molecule has 3 heterocycles. The largest absolute Gasteiger partial charge is 0.282 e. The summed E-state index contributed by atoms with van der Waals surface area (Å²) in [7, 11) is 0. The third kappa shape index (κ3) is 5.28. The van der Waals surface area contributed by atoms with Gasteiger partial charge in [-0.25, -0.2) is 4.98 Å². The van der Waals surface area contributed by atoms with Gasteiger partial charge in [-0.1, -0.05) is 111 Å². The molecule has 5 heteroatoms. The van der Waals surface area contributed by atoms with Gasteiger partial charge in [0.2, 0.25) is 5.95 Å². The number of fused-ring (bicyclic) bond motifs is 7. The summed E-state index contributed by atoms with van der Waals surface area (Å²) in [6, 6.07) is 23.3. The maximum atomic E-state index is 5.06. The summed E-state index contributed by atoms with van der Waals surface area (Å²) < 4.78 is 4.97. The zero-order valence-electron chi connectivity index (χ0n) is 24.5. The molecule has 43 heavy (non-hydrogen) atoms. The van der Waals surface area contributed by atoms with Crippen molar-refractivity contribution in [3.63, 3.8) is 0 Å². The molecule has 0 aliphatic heterocycles. The molecule has 4 nitrogen and oxygen atoms in total. The first-order valence-corrected chi connectivity index (χ1v) is 15.5. The molecule has 1 aliphatic carbocycles. The molecule has 7 rings (SSSR count). The van der Waals surface area contributed by atoms with Crippen LogP contribution < -0.4 is 0 Å². The second-order valence-corrected chi connectivity index (χ2v) is 11.4. The zero-order valence-corrected chi connectivity index (χ0v) is 25.3. The quantitative estimate of drug-likeness (QED) is 0.185. The lowest BCUT2D eigenvalue weighted by atomic mass is 9.95. The fourth-order valence-corrected chi connectivity index (χ4v) is 7.12. The molecule has 0 fully saturated rings. The molecule has 3 aromatic heterocycles. The lowest BCUT2D eigenvalue weighted by Crippen LogP contribution is -2.12. The number of nitrogens with zero attached hydrogens (tertiary/aromatic N) is 4. The molecule has 0 bridgehead atoms. The molecule has 0 amide bonds. The summed E-state index contributed by atoms with van der Waals surface area (Å²) in [6.07, 6.45) is 15.4. The normalized spacial score (nSPS) is 13.2. The van der Waals surface area contributed by atoms with Gasteiger partial charge in [0, 0.05) is 42.4 Å². The molecule has 1 aliphatic rings. The number of rotatable bonds is 6. The Morgan fingerprint density at radius 3 is 2.37 bits per heavy atom. The van der Waals surface area contributed by atoms with Crippen LogP contribution in [0.1, 0.15) is 36.8 Å². The van der Waals surface area contributed by atoms with E-state index in [1.165, 1.54) is 48.8 Å². The zero-order chi connectivity index (χ0) is 29.8. The topological polar surface area (TPSA) is 43.6 Å². The minimum atomic E-state index is 0.595. The van der Waals surface area contributed by atoms with Crippen molar-refractivity contribution in [2.24, 2.45) is 0 Å². The van der Waals surface area contributed by atoms with Gasteiger partial charge in [-0.3, -0.25) is 4.57 Å². The highest BCUT2D eigenvalue weighted by Crippen LogP contribution is 2.43. The van der Waals surface area contributed by atoms with E-state index >= 15 is 0 Å². The number of hydrogen-bond acceptors (Lipinski definition) is 4. The fourth-order valence-electron chi connectivity index (χ4n) is 5.84. The van der Waals surface area contributed by atoms with E-state index < -0.39 is 0 Å². The predicted octanol–water partition coefficient (Wildman–Crippen LogP) is 10.2. The van der Waals surface area contributed by atoms with Crippen molar-refractivity contribution in [1.29, 1.82) is 0 Å². The SMILES string of the molecule is C=C/C=C(\C=C)c1nc(-c2ccccc2)nc(-n2c3c(c4c5sc6ccccc6c5ccc42)CCCC3)n1.C=C/C=C\C. The average molecular weight is 579 g/mol. The van der Waals surface area contributed by atoms with Gasteiger partial charge >= 0.3 is 0 Å². The molecular weight excluding hydrogens is 545 g/mol. The van der Waals surface area contributed by atoms with Gasteiger partial charge in [0.25, 0.3) is 0 Å². The van der Waals surface area contributed by atoms with Crippen molar-refractivity contribution in [2.75, 3.05) is 0 Å². The molecular formula is C38H34N4S. The van der Waals surface area contributed by atoms with E-state index in [0.717, 1.165) is 30.4 Å². The molecule has 6 aromatic rings. The molecule has 0 atom stereocenters. The van der Waals surface area contributed by atoms with Gasteiger partial charge in [0.15, 0.2) is 11.6 Å². The number of benzene rings is 3. The van der Waals surface area contributed by atoms with Crippen molar-refractivity contribution >= 4 is 48.0 Å². The smallest absolute Gasteiger partial charge is 0.238 e. The van der Waals surface area contributed by atoms with Gasteiger partial charge < -0.3 is 0 Å². The van der Waals surface area contributed by atoms with Gasteiger partial charge in [0.05, 0.1) is 5.52 Å². The summed E-state index contributed by atoms with van der Waals surface area (Å²) in [5.41, 5.74) is 5.70. The van der Waals surface area contributed by atoms with Crippen molar-refractivity contribution in [1.82, 2.24) is 19.5 Å². The Balaban J connectivity index is 0.000000611. The highest BCUT2D eigenvalue weighted by Gasteiger charge is 2.26. The van der Waals surface area contributed by atoms with Crippen LogP contribution in [0.5, 0.6) is 0 Å². The van der Waals surface area contributed by atoms with Crippen LogP contribution in [0.25, 0.3) is 54.0 Å². The number of thiophene rings is 1. The summed E-state index contributed by atoms with van der Waals surface area (Å²) in [5, 5.41) is 4.01. The van der Waals surface area contributed by atoms with Gasteiger partial charge in [-0.2, -0.15) is 9.97 Å². The first kappa shape index (κ1) is 28.3. The summed E-state index contributed by atoms with van der Waals surface area (Å²) >= 11 is 1.89. The first-order valence-electron chi connectivity index (χ1n) is 14.7. The highest BCUT2D eigenvalue weighted by atomic mass is 32.1. The number of hydrogen-bond donors (Lipinski definition) is 0. The Morgan fingerprint density at radius 2 is 1.63 bits per heavy atom. The van der Waals surface area contributed by atoms with Crippen LogP contribution in [0.3, 0.4) is 0 Å². The van der Waals surface area contributed by atoms with Crippen LogP contribution in [0.2, 0.25) is 0 Å². The molecule has 3 aromatic carbocycles. The predicted molar refractivity (Wildman–Crippen MR) is 185 cm³/mol. The number of allylic oxidation sites excluding steroid dienone is 7. The van der Waals surface area contributed by atoms with Crippen molar-refractivity contribution in [2.45, 2.75) is 32.6 Å². The maximum Gasteiger partial charge on any atom is 0.238 e. The average Bonchev–Trinajstić information content (AvgIpc) is 3.60. The Bertz CT molecular complexity index is 2040. The summed E-state index contributed by atoms with van der Waals surface area (Å²) in [6.45, 7) is 13.3. The van der Waals surface area contributed by atoms with E-state index in [0.29, 0.717) is 17.6 Å². The Labute approximate surface area is 256 Å². The van der Waals surface area contributed by atoms with E-state index in [2.05, 4.69) is 60.7 Å². The van der Waals surface area contributed by atoms with Crippen LogP contribution in [-0.4, -0.2) is 19.5 Å². The molecule has 0 radical (unpaired) electrons. The van der Waals surface area contributed by atoms with Gasteiger partial charge in [-0.05, 0) is 50.3 Å². The van der Waals surface area contributed by atoms with E-state index in [1.54, 1.807) is 18.2 Å². The fraction of sp³-hybridized carbons (Fsp3) is 0.132. The van der Waals surface area contributed by atoms with E-state index in [4.69, 9.17) is 15.0 Å². The van der Waals surface area contributed by atoms with Crippen LogP contribution >= 0.6 is 11.3 Å². The minimum Gasteiger partial charge on any atom is -0.282 e. The van der Waals surface area contributed by atoms with Gasteiger partial charge in [-0.15, -0.1) is 11.3 Å². The summed E-state index contributed by atoms with van der Waals surface area (Å²) in [5.74, 6) is 1.90. The highest BCUT2D eigenvalue weighted by molar-refractivity contribution is 7.26. The first-order chi connectivity index (χ1) is 21.2. The Morgan fingerprint density at radius 1 is 0.837 bits per heavy atom. The third-order valence-corrected chi connectivity index (χ3v) is 8.94.